The third-order valence-electron chi connectivity index (χ3n) is 4.82. The van der Waals surface area contributed by atoms with Gasteiger partial charge < -0.3 is 15.0 Å². The number of likely N-dealkylation sites (N-methyl/N-ethyl adjacent to an activating group) is 1. The molecule has 2 aromatic rings. The van der Waals surface area contributed by atoms with Gasteiger partial charge in [-0.05, 0) is 78.4 Å². The number of benzene rings is 2. The van der Waals surface area contributed by atoms with E-state index in [0.717, 1.165) is 19.7 Å². The smallest absolute Gasteiger partial charge is 0.244 e. The Morgan fingerprint density at radius 3 is 2.19 bits per heavy atom. The number of carbonyl (C=O) groups excluding carboxylic acids is 2. The second-order valence-corrected chi connectivity index (χ2v) is 10.3. The Kier molecular flexibility index (Phi) is 9.32. The minimum Gasteiger partial charge on any atom is -0.497 e. The molecule has 0 bridgehead atoms. The average molecular weight is 573 g/mol. The molecule has 32 heavy (non-hydrogen) atoms. The molecule has 0 saturated heterocycles. The highest BCUT2D eigenvalue weighted by Crippen LogP contribution is 2.21. The summed E-state index contributed by atoms with van der Waals surface area (Å²) >= 11 is 2.12. The number of rotatable bonds is 10. The van der Waals surface area contributed by atoms with Gasteiger partial charge in [-0.2, -0.15) is 0 Å². The summed E-state index contributed by atoms with van der Waals surface area (Å²) in [6, 6.07) is 13.2. The molecule has 0 radical (unpaired) electrons. The first-order chi connectivity index (χ1) is 15.1. The average Bonchev–Trinajstić information content (AvgIpc) is 2.75. The zero-order valence-corrected chi connectivity index (χ0v) is 21.5. The molecule has 0 aliphatic carbocycles. The molecule has 0 aliphatic rings. The van der Waals surface area contributed by atoms with Crippen molar-refractivity contribution in [2.75, 3.05) is 30.8 Å². The third-order valence-corrected chi connectivity index (χ3v) is 6.68. The highest BCUT2D eigenvalue weighted by atomic mass is 127. The number of hydrogen-bond acceptors (Lipinski definition) is 5. The molecule has 0 fully saturated rings. The van der Waals surface area contributed by atoms with Gasteiger partial charge in [0.1, 0.15) is 18.3 Å². The standard InChI is InChI=1S/C22H28IN3O5S/c1-5-24-22(28)16(2)25(14-17-6-12-20(31-3)13-7-17)21(27)15-26(32(4,29)30)19-10-8-18(23)9-11-19/h6-13,16H,5,14-15H2,1-4H3,(H,24,28)/t16-/m1/s1. The summed E-state index contributed by atoms with van der Waals surface area (Å²) in [5.41, 5.74) is 1.17. The first-order valence-electron chi connectivity index (χ1n) is 10.00. The number of nitrogens with one attached hydrogen (secondary N) is 1. The van der Waals surface area contributed by atoms with Gasteiger partial charge in [-0.25, -0.2) is 8.42 Å². The molecule has 2 aromatic carbocycles. The molecule has 2 rings (SSSR count). The van der Waals surface area contributed by atoms with Crippen molar-refractivity contribution in [1.29, 1.82) is 0 Å². The summed E-state index contributed by atoms with van der Waals surface area (Å²) in [6.45, 7) is 3.57. The van der Waals surface area contributed by atoms with Gasteiger partial charge in [0.25, 0.3) is 0 Å². The van der Waals surface area contributed by atoms with Crippen molar-refractivity contribution in [2.45, 2.75) is 26.4 Å². The molecule has 1 atom stereocenters. The van der Waals surface area contributed by atoms with Gasteiger partial charge in [0, 0.05) is 16.7 Å². The number of halogens is 1. The van der Waals surface area contributed by atoms with Crippen LogP contribution in [0.15, 0.2) is 48.5 Å². The molecule has 0 aromatic heterocycles. The largest absolute Gasteiger partial charge is 0.497 e. The van der Waals surface area contributed by atoms with Crippen LogP contribution in [-0.2, 0) is 26.2 Å². The molecule has 8 nitrogen and oxygen atoms in total. The zero-order valence-electron chi connectivity index (χ0n) is 18.5. The number of anilines is 1. The summed E-state index contributed by atoms with van der Waals surface area (Å²) in [7, 11) is -2.17. The number of hydrogen-bond donors (Lipinski definition) is 1. The van der Waals surface area contributed by atoms with Crippen LogP contribution in [0.4, 0.5) is 5.69 Å². The van der Waals surface area contributed by atoms with E-state index in [-0.39, 0.29) is 12.5 Å². The Bertz CT molecular complexity index is 1030. The fraction of sp³-hybridized carbons (Fsp3) is 0.364. The van der Waals surface area contributed by atoms with Crippen molar-refractivity contribution in [3.63, 3.8) is 0 Å². The molecule has 0 heterocycles. The Morgan fingerprint density at radius 1 is 1.09 bits per heavy atom. The van der Waals surface area contributed by atoms with Gasteiger partial charge >= 0.3 is 0 Å². The van der Waals surface area contributed by atoms with Gasteiger partial charge in [-0.15, -0.1) is 0 Å². The van der Waals surface area contributed by atoms with Crippen molar-refractivity contribution >= 4 is 50.1 Å². The van der Waals surface area contributed by atoms with Crippen molar-refractivity contribution in [1.82, 2.24) is 10.2 Å². The maximum atomic E-state index is 13.3. The van der Waals surface area contributed by atoms with Crippen LogP contribution in [-0.4, -0.2) is 57.6 Å². The SMILES string of the molecule is CCNC(=O)[C@@H](C)N(Cc1ccc(OC)cc1)C(=O)CN(c1ccc(I)cc1)S(C)(=O)=O. The van der Waals surface area contributed by atoms with Crippen molar-refractivity contribution < 1.29 is 22.7 Å². The molecule has 10 heteroatoms. The maximum Gasteiger partial charge on any atom is 0.244 e. The van der Waals surface area contributed by atoms with Crippen LogP contribution in [0.25, 0.3) is 0 Å². The number of amides is 2. The summed E-state index contributed by atoms with van der Waals surface area (Å²) in [5.74, 6) is -0.122. The van der Waals surface area contributed by atoms with Gasteiger partial charge in [0.2, 0.25) is 21.8 Å². The lowest BCUT2D eigenvalue weighted by Crippen LogP contribution is -2.51. The van der Waals surface area contributed by atoms with E-state index in [9.17, 15) is 18.0 Å². The molecule has 0 aliphatic heterocycles. The second kappa shape index (κ2) is 11.5. The van der Waals surface area contributed by atoms with E-state index in [1.807, 2.05) is 0 Å². The Hall–Kier alpha value is -2.34. The summed E-state index contributed by atoms with van der Waals surface area (Å²) in [5, 5.41) is 2.72. The van der Waals surface area contributed by atoms with Crippen molar-refractivity contribution in [3.05, 3.63) is 57.7 Å². The van der Waals surface area contributed by atoms with Gasteiger partial charge in [0.15, 0.2) is 0 Å². The monoisotopic (exact) mass is 573 g/mol. The fourth-order valence-corrected chi connectivity index (χ4v) is 4.26. The van der Waals surface area contributed by atoms with E-state index < -0.39 is 28.5 Å². The fourth-order valence-electron chi connectivity index (χ4n) is 3.05. The summed E-state index contributed by atoms with van der Waals surface area (Å²) in [6.07, 6.45) is 1.05. The van der Waals surface area contributed by atoms with E-state index in [2.05, 4.69) is 27.9 Å². The molecular formula is C22H28IN3O5S. The van der Waals surface area contributed by atoms with Gasteiger partial charge in [-0.3, -0.25) is 13.9 Å². The molecular weight excluding hydrogens is 545 g/mol. The quantitative estimate of drug-likeness (QED) is 0.441. The summed E-state index contributed by atoms with van der Waals surface area (Å²) in [4.78, 5) is 27.2. The molecule has 174 valence electrons. The molecule has 2 amide bonds. The zero-order chi connectivity index (χ0) is 23.9. The normalized spacial score (nSPS) is 12.0. The lowest BCUT2D eigenvalue weighted by Gasteiger charge is -2.31. The summed E-state index contributed by atoms with van der Waals surface area (Å²) < 4.78 is 32.1. The Morgan fingerprint density at radius 2 is 1.69 bits per heavy atom. The predicted octanol–water partition coefficient (Wildman–Crippen LogP) is 2.62. The number of methoxy groups -OCH3 is 1. The van der Waals surface area contributed by atoms with E-state index >= 15 is 0 Å². The highest BCUT2D eigenvalue weighted by molar-refractivity contribution is 14.1. The van der Waals surface area contributed by atoms with Crippen LogP contribution in [0.3, 0.4) is 0 Å². The minimum atomic E-state index is -3.73. The van der Waals surface area contributed by atoms with E-state index in [0.29, 0.717) is 18.0 Å². The number of nitrogens with zero attached hydrogens (tertiary/aromatic N) is 2. The van der Waals surface area contributed by atoms with E-state index in [1.165, 1.54) is 4.90 Å². The molecule has 0 spiro atoms. The second-order valence-electron chi connectivity index (χ2n) is 7.19. The van der Waals surface area contributed by atoms with Crippen LogP contribution in [0.2, 0.25) is 0 Å². The van der Waals surface area contributed by atoms with Gasteiger partial charge in [0.05, 0.1) is 19.1 Å². The van der Waals surface area contributed by atoms with Crippen molar-refractivity contribution in [2.24, 2.45) is 0 Å². The van der Waals surface area contributed by atoms with E-state index in [1.54, 1.807) is 69.5 Å². The predicted molar refractivity (Wildman–Crippen MR) is 133 cm³/mol. The first kappa shape index (κ1) is 25.9. The van der Waals surface area contributed by atoms with Crippen LogP contribution in [0.5, 0.6) is 5.75 Å². The Labute approximate surface area is 203 Å². The Balaban J connectivity index is 2.35. The first-order valence-corrected chi connectivity index (χ1v) is 12.9. The molecule has 1 N–H and O–H groups in total. The van der Waals surface area contributed by atoms with Crippen molar-refractivity contribution in [3.8, 4) is 5.75 Å². The lowest BCUT2D eigenvalue weighted by atomic mass is 10.1. The number of sulfonamides is 1. The van der Waals surface area contributed by atoms with Gasteiger partial charge in [-0.1, -0.05) is 12.1 Å². The van der Waals surface area contributed by atoms with Crippen LogP contribution >= 0.6 is 22.6 Å². The maximum absolute atomic E-state index is 13.3. The van der Waals surface area contributed by atoms with Crippen LogP contribution in [0.1, 0.15) is 19.4 Å². The third kappa shape index (κ3) is 7.09. The van der Waals surface area contributed by atoms with Crippen LogP contribution in [0, 0.1) is 3.57 Å². The molecule has 0 saturated carbocycles. The number of ether oxygens (including phenoxy) is 1. The highest BCUT2D eigenvalue weighted by Gasteiger charge is 2.29. The van der Waals surface area contributed by atoms with Crippen LogP contribution < -0.4 is 14.4 Å². The minimum absolute atomic E-state index is 0.144. The lowest BCUT2D eigenvalue weighted by molar-refractivity contribution is -0.139. The van der Waals surface area contributed by atoms with E-state index in [4.69, 9.17) is 4.74 Å². The molecule has 0 unspecified atom stereocenters. The topological polar surface area (TPSA) is 96.0 Å². The number of carbonyl (C=O) groups is 2.